The number of rotatable bonds is 9. The molecule has 1 aromatic carbocycles. The van der Waals surface area contributed by atoms with Gasteiger partial charge in [0.1, 0.15) is 41.3 Å². The molecule has 4 fully saturated rings. The molecular weight excluding hydrogens is 791 g/mol. The molecule has 3 saturated carbocycles. The van der Waals surface area contributed by atoms with Crippen molar-refractivity contribution in [3.05, 3.63) is 23.9 Å². The van der Waals surface area contributed by atoms with E-state index in [1.165, 1.54) is 11.8 Å². The molecule has 324 valence electrons. The summed E-state index contributed by atoms with van der Waals surface area (Å²) in [6.45, 7) is 10.6. The molecule has 15 nitrogen and oxygen atoms in total. The van der Waals surface area contributed by atoms with Crippen molar-refractivity contribution in [2.75, 3.05) is 13.2 Å². The van der Waals surface area contributed by atoms with Gasteiger partial charge < -0.3 is 29.7 Å². The molecule has 0 spiro atoms. The zero-order valence-corrected chi connectivity index (χ0v) is 35.3. The molecule has 1 aromatic heterocycles. The summed E-state index contributed by atoms with van der Waals surface area (Å²) in [4.78, 5) is 67.7. The summed E-state index contributed by atoms with van der Waals surface area (Å²) < 4.78 is 73.9. The Kier molecular flexibility index (Phi) is 11.5. The van der Waals surface area contributed by atoms with Gasteiger partial charge in [-0.1, -0.05) is 40.5 Å². The fourth-order valence-corrected chi connectivity index (χ4v) is 9.85. The molecule has 4 amide bonds. The largest absolute Gasteiger partial charge is 0.494 e. The first-order chi connectivity index (χ1) is 27.8. The van der Waals surface area contributed by atoms with E-state index in [1.54, 1.807) is 33.8 Å². The number of aromatic nitrogens is 2. The average Bonchev–Trinajstić information content (AvgIpc) is 4.11. The molecule has 3 aliphatic carbocycles. The predicted molar refractivity (Wildman–Crippen MR) is 211 cm³/mol. The minimum atomic E-state index is -4.24. The van der Waals surface area contributed by atoms with Crippen molar-refractivity contribution in [2.45, 2.75) is 147 Å². The van der Waals surface area contributed by atoms with Crippen LogP contribution in [0.3, 0.4) is 0 Å². The quantitative estimate of drug-likeness (QED) is 0.314. The molecule has 5 aliphatic rings. The van der Waals surface area contributed by atoms with Crippen molar-refractivity contribution in [2.24, 2.45) is 23.2 Å². The third-order valence-corrected chi connectivity index (χ3v) is 14.9. The van der Waals surface area contributed by atoms with Gasteiger partial charge in [-0.15, -0.1) is 0 Å². The second-order valence-electron chi connectivity index (χ2n) is 18.2. The van der Waals surface area contributed by atoms with E-state index in [1.807, 2.05) is 23.8 Å². The van der Waals surface area contributed by atoms with Crippen molar-refractivity contribution in [1.29, 1.82) is 0 Å². The monoisotopic (exact) mass is 846 g/mol. The second kappa shape index (κ2) is 15.9. The van der Waals surface area contributed by atoms with E-state index in [0.717, 1.165) is 25.7 Å². The van der Waals surface area contributed by atoms with Crippen LogP contribution in [0.1, 0.15) is 105 Å². The number of carbonyl (C=O) groups is 4. The SMILES string of the molecule is CCOc1ccc2nc3c(nc2c1)O[C@H]1CN(C(=O)[C@H](C(C)(C)C)NC(=O)O[C@@H]2C[C@H]2CCCCC3)[C@H](C(=O)N[C@]2(C(=O)NS(=O)(=O)C3(C)CC3)CC2C(F)F)[C@@H]1CC. The number of aryl methyl sites for hydroxylation is 1. The molecule has 2 aromatic rings. The summed E-state index contributed by atoms with van der Waals surface area (Å²) in [5.41, 5.74) is -1.41. The first kappa shape index (κ1) is 42.8. The van der Waals surface area contributed by atoms with E-state index in [4.69, 9.17) is 24.2 Å². The Bertz CT molecular complexity index is 2100. The third kappa shape index (κ3) is 8.65. The molecule has 1 unspecified atom stereocenters. The Morgan fingerprint density at radius 1 is 1.07 bits per heavy atom. The van der Waals surface area contributed by atoms with Crippen LogP contribution in [0.5, 0.6) is 11.6 Å². The Morgan fingerprint density at radius 2 is 1.81 bits per heavy atom. The summed E-state index contributed by atoms with van der Waals surface area (Å²) in [5.74, 6) is -4.28. The fraction of sp³-hybridized carbons (Fsp3) is 0.707. The van der Waals surface area contributed by atoms with Crippen LogP contribution in [0.4, 0.5) is 13.6 Å². The standard InChI is InChI=1S/C41H56F2N6O9S/c1-7-24-30-21-49(31(24)34(50)47-41(20-25(41)33(42)43)37(52)48-59(54,55)40(6)16-17-40)36(51)32(39(3,4)5)46-38(53)58-29-18-22(29)12-10-9-11-13-27-35(57-30)45-28-19-23(56-8-2)14-15-26(28)44-27/h14-15,19,22,24-25,29-33H,7-13,16-18,20-21H2,1-6H3,(H,46,53)(H,47,50)(H,48,52)/t22-,24-,25?,29-,30+,31+,32-,41-/m1/s1. The number of hydrogen-bond donors (Lipinski definition) is 3. The molecule has 3 N–H and O–H groups in total. The van der Waals surface area contributed by atoms with Gasteiger partial charge in [0, 0.05) is 12.0 Å². The van der Waals surface area contributed by atoms with Crippen molar-refractivity contribution >= 4 is 44.9 Å². The number of benzene rings is 1. The highest BCUT2D eigenvalue weighted by Gasteiger charge is 2.68. The molecule has 3 heterocycles. The number of sulfonamides is 1. The minimum absolute atomic E-state index is 0.175. The highest BCUT2D eigenvalue weighted by molar-refractivity contribution is 7.91. The van der Waals surface area contributed by atoms with Crippen LogP contribution in [0.25, 0.3) is 11.0 Å². The van der Waals surface area contributed by atoms with Crippen molar-refractivity contribution in [3.63, 3.8) is 0 Å². The highest BCUT2D eigenvalue weighted by atomic mass is 32.2. The molecule has 18 heteroatoms. The molecule has 0 radical (unpaired) electrons. The van der Waals surface area contributed by atoms with Gasteiger partial charge in [0.05, 0.1) is 34.8 Å². The van der Waals surface area contributed by atoms with Gasteiger partial charge in [-0.25, -0.2) is 32.0 Å². The minimum Gasteiger partial charge on any atom is -0.494 e. The van der Waals surface area contributed by atoms with Gasteiger partial charge in [0.25, 0.3) is 5.91 Å². The number of nitrogens with one attached hydrogen (secondary N) is 3. The zero-order valence-electron chi connectivity index (χ0n) is 34.5. The van der Waals surface area contributed by atoms with Crippen LogP contribution in [-0.4, -0.2) is 101 Å². The highest BCUT2D eigenvalue weighted by Crippen LogP contribution is 2.50. The second-order valence-corrected chi connectivity index (χ2v) is 20.4. The first-order valence-electron chi connectivity index (χ1n) is 20.9. The number of hydrogen-bond acceptors (Lipinski definition) is 11. The van der Waals surface area contributed by atoms with Crippen molar-refractivity contribution in [3.8, 4) is 11.6 Å². The first-order valence-corrected chi connectivity index (χ1v) is 22.3. The van der Waals surface area contributed by atoms with Crippen LogP contribution in [-0.2, 0) is 35.6 Å². The number of fused-ring (bicyclic) bond motifs is 5. The van der Waals surface area contributed by atoms with Gasteiger partial charge >= 0.3 is 6.09 Å². The summed E-state index contributed by atoms with van der Waals surface area (Å²) in [5, 5.41) is 5.27. The van der Waals surface area contributed by atoms with Crippen LogP contribution in [0, 0.1) is 23.2 Å². The van der Waals surface area contributed by atoms with Gasteiger partial charge in [0.15, 0.2) is 0 Å². The van der Waals surface area contributed by atoms with E-state index in [-0.39, 0.29) is 30.9 Å². The van der Waals surface area contributed by atoms with Crippen molar-refractivity contribution < 1.29 is 50.6 Å². The van der Waals surface area contributed by atoms with Gasteiger partial charge in [-0.2, -0.15) is 0 Å². The summed E-state index contributed by atoms with van der Waals surface area (Å²) >= 11 is 0. The van der Waals surface area contributed by atoms with Gasteiger partial charge in [-0.05, 0) is 88.7 Å². The molecular formula is C41H56F2N6O9S. The zero-order chi connectivity index (χ0) is 42.7. The number of carbonyl (C=O) groups excluding carboxylic acids is 4. The Morgan fingerprint density at radius 3 is 2.46 bits per heavy atom. The number of nitrogens with zero attached hydrogens (tertiary/aromatic N) is 3. The summed E-state index contributed by atoms with van der Waals surface area (Å²) in [7, 11) is -4.24. The van der Waals surface area contributed by atoms with E-state index in [0.29, 0.717) is 54.8 Å². The predicted octanol–water partition coefficient (Wildman–Crippen LogP) is 4.80. The number of halogens is 2. The van der Waals surface area contributed by atoms with Gasteiger partial charge in [0.2, 0.25) is 34.1 Å². The number of ether oxygens (including phenoxy) is 3. The molecule has 7 rings (SSSR count). The van der Waals surface area contributed by atoms with E-state index in [9.17, 15) is 36.4 Å². The Hall–Kier alpha value is -4.35. The average molecular weight is 847 g/mol. The topological polar surface area (TPSA) is 195 Å². The van der Waals surface area contributed by atoms with Crippen LogP contribution >= 0.6 is 0 Å². The molecule has 2 aliphatic heterocycles. The Balaban J connectivity index is 1.27. The van der Waals surface area contributed by atoms with Crippen molar-refractivity contribution in [1.82, 2.24) is 30.2 Å². The summed E-state index contributed by atoms with van der Waals surface area (Å²) in [6.07, 6.45) is -0.0140. The lowest BCUT2D eigenvalue weighted by Crippen LogP contribution is -2.61. The number of alkyl halides is 2. The molecule has 1 saturated heterocycles. The fourth-order valence-electron chi connectivity index (χ4n) is 8.54. The lowest BCUT2D eigenvalue weighted by atomic mass is 9.85. The lowest BCUT2D eigenvalue weighted by molar-refractivity contribution is -0.144. The molecule has 59 heavy (non-hydrogen) atoms. The normalized spacial score (nSPS) is 30.7. The summed E-state index contributed by atoms with van der Waals surface area (Å²) in [6, 6.07) is 2.80. The van der Waals surface area contributed by atoms with Crippen LogP contribution in [0.2, 0.25) is 0 Å². The molecule has 8 atom stereocenters. The lowest BCUT2D eigenvalue weighted by Gasteiger charge is -2.36. The van der Waals surface area contributed by atoms with E-state index < -0.39 is 92.4 Å². The number of alkyl carbamates (subject to hydrolysis) is 1. The number of amides is 4. The van der Waals surface area contributed by atoms with Gasteiger partial charge in [-0.3, -0.25) is 19.1 Å². The Labute approximate surface area is 343 Å². The maximum Gasteiger partial charge on any atom is 0.408 e. The van der Waals surface area contributed by atoms with Crippen LogP contribution in [0.15, 0.2) is 18.2 Å². The maximum absolute atomic E-state index is 14.9. The van der Waals surface area contributed by atoms with Crippen LogP contribution < -0.4 is 24.8 Å². The van der Waals surface area contributed by atoms with E-state index in [2.05, 4.69) is 10.6 Å². The van der Waals surface area contributed by atoms with E-state index >= 15 is 0 Å². The third-order valence-electron chi connectivity index (χ3n) is 12.7. The molecule has 2 bridgehead atoms. The maximum atomic E-state index is 14.9. The smallest absolute Gasteiger partial charge is 0.408 e.